The van der Waals surface area contributed by atoms with Gasteiger partial charge >= 0.3 is 5.97 Å². The van der Waals surface area contributed by atoms with E-state index < -0.39 is 17.0 Å². The summed E-state index contributed by atoms with van der Waals surface area (Å²) in [5, 5.41) is 11.1. The molecule has 1 fully saturated rings. The molecule has 7 heteroatoms. The lowest BCUT2D eigenvalue weighted by Crippen LogP contribution is -2.57. The van der Waals surface area contributed by atoms with E-state index in [9.17, 15) is 14.7 Å². The molecule has 0 unspecified atom stereocenters. The topological polar surface area (TPSA) is 89.0 Å². The Morgan fingerprint density at radius 3 is 2.29 bits per heavy atom. The fourth-order valence-corrected chi connectivity index (χ4v) is 3.24. The second-order valence-corrected chi connectivity index (χ2v) is 7.45. The van der Waals surface area contributed by atoms with Crippen molar-refractivity contribution in [1.29, 1.82) is 0 Å². The van der Waals surface area contributed by atoms with Gasteiger partial charge in [0.05, 0.1) is 11.0 Å². The average Bonchev–Trinajstić information content (AvgIpc) is 2.73. The Morgan fingerprint density at radius 2 is 1.68 bits per heavy atom. The molecule has 0 spiro atoms. The van der Waals surface area contributed by atoms with Crippen LogP contribution >= 0.6 is 0 Å². The van der Waals surface area contributed by atoms with Crippen LogP contribution in [0.25, 0.3) is 0 Å². The minimum atomic E-state index is -1.31. The lowest BCUT2D eigenvalue weighted by atomic mass is 9.69. The molecule has 2 heterocycles. The van der Waals surface area contributed by atoms with Crippen molar-refractivity contribution in [3.8, 4) is 5.75 Å². The van der Waals surface area contributed by atoms with E-state index in [0.717, 1.165) is 0 Å². The highest BCUT2D eigenvalue weighted by Gasteiger charge is 2.52. The first-order valence-electron chi connectivity index (χ1n) is 9.19. The summed E-state index contributed by atoms with van der Waals surface area (Å²) >= 11 is 0. The number of carbonyl (C=O) groups is 2. The average molecular weight is 384 g/mol. The molecule has 1 N–H and O–H groups in total. The summed E-state index contributed by atoms with van der Waals surface area (Å²) in [4.78, 5) is 40.8. The number of likely N-dealkylation sites (tertiary alicyclic amines) is 1. The van der Waals surface area contributed by atoms with Crippen LogP contribution in [0.3, 0.4) is 0 Å². The third kappa shape index (κ3) is 3.99. The van der Waals surface area contributed by atoms with Crippen LogP contribution in [0.2, 0.25) is 0 Å². The normalized spacial score (nSPS) is 16.3. The van der Waals surface area contributed by atoms with Gasteiger partial charge in [0.1, 0.15) is 0 Å². The molecular weight excluding hydrogens is 360 g/mol. The van der Waals surface area contributed by atoms with Gasteiger partial charge in [0, 0.05) is 31.0 Å². The van der Waals surface area contributed by atoms with E-state index in [1.807, 2.05) is 6.07 Å². The minimum Gasteiger partial charge on any atom is -0.389 e. The van der Waals surface area contributed by atoms with Crippen molar-refractivity contribution in [2.24, 2.45) is 5.41 Å². The van der Waals surface area contributed by atoms with Crippen molar-refractivity contribution in [2.45, 2.75) is 32.3 Å². The molecule has 1 aliphatic heterocycles. The SMILES string of the molecule is CC(C)(C(=O)OOc1ccccc1)C1(O)CCN(C(=O)c2ccncc2)CC1. The number of nitrogens with zero attached hydrogens (tertiary/aromatic N) is 2. The van der Waals surface area contributed by atoms with E-state index >= 15 is 0 Å². The van der Waals surface area contributed by atoms with E-state index in [1.54, 1.807) is 67.5 Å². The second-order valence-electron chi connectivity index (χ2n) is 7.45. The van der Waals surface area contributed by atoms with Gasteiger partial charge in [-0.1, -0.05) is 18.2 Å². The van der Waals surface area contributed by atoms with E-state index in [0.29, 0.717) is 24.4 Å². The van der Waals surface area contributed by atoms with Gasteiger partial charge in [-0.15, -0.1) is 0 Å². The van der Waals surface area contributed by atoms with E-state index in [-0.39, 0.29) is 18.7 Å². The van der Waals surface area contributed by atoms with E-state index in [1.165, 1.54) is 0 Å². The van der Waals surface area contributed by atoms with Gasteiger partial charge in [-0.25, -0.2) is 9.68 Å². The number of hydrogen-bond donors (Lipinski definition) is 1. The minimum absolute atomic E-state index is 0.114. The molecule has 0 radical (unpaired) electrons. The Morgan fingerprint density at radius 1 is 1.07 bits per heavy atom. The summed E-state index contributed by atoms with van der Waals surface area (Å²) in [6, 6.07) is 12.0. The van der Waals surface area contributed by atoms with Crippen molar-refractivity contribution >= 4 is 11.9 Å². The third-order valence-corrected chi connectivity index (χ3v) is 5.44. The van der Waals surface area contributed by atoms with Crippen LogP contribution in [0.15, 0.2) is 54.9 Å². The Labute approximate surface area is 163 Å². The highest BCUT2D eigenvalue weighted by Crippen LogP contribution is 2.40. The standard InChI is InChI=1S/C21H24N2O5/c1-20(2,19(25)28-27-17-6-4-3-5-7-17)21(26)10-14-23(15-11-21)18(24)16-8-12-22-13-9-16/h3-9,12-13,26H,10-11,14-15H2,1-2H3. The summed E-state index contributed by atoms with van der Waals surface area (Å²) in [6.45, 7) is 3.94. The third-order valence-electron chi connectivity index (χ3n) is 5.44. The summed E-state index contributed by atoms with van der Waals surface area (Å²) < 4.78 is 0. The Bertz CT molecular complexity index is 815. The van der Waals surface area contributed by atoms with Crippen LogP contribution < -0.4 is 4.89 Å². The van der Waals surface area contributed by atoms with Crippen molar-refractivity contribution in [2.75, 3.05) is 13.1 Å². The Balaban J connectivity index is 1.61. The number of amides is 1. The van der Waals surface area contributed by atoms with E-state index in [2.05, 4.69) is 4.98 Å². The molecule has 1 aromatic heterocycles. The number of benzene rings is 1. The molecule has 148 valence electrons. The summed E-state index contributed by atoms with van der Waals surface area (Å²) in [7, 11) is 0. The van der Waals surface area contributed by atoms with Crippen LogP contribution in [0.4, 0.5) is 0 Å². The predicted octanol–water partition coefficient (Wildman–Crippen LogP) is 2.61. The van der Waals surface area contributed by atoms with Crippen LogP contribution in [-0.2, 0) is 9.68 Å². The smallest absolute Gasteiger partial charge is 0.363 e. The van der Waals surface area contributed by atoms with Crippen LogP contribution in [0, 0.1) is 5.41 Å². The Kier molecular flexibility index (Phi) is 5.65. The second kappa shape index (κ2) is 7.98. The highest BCUT2D eigenvalue weighted by molar-refractivity contribution is 5.94. The number of aliphatic hydroxyl groups is 1. The fourth-order valence-electron chi connectivity index (χ4n) is 3.24. The van der Waals surface area contributed by atoms with Crippen molar-refractivity contribution in [3.05, 3.63) is 60.4 Å². The van der Waals surface area contributed by atoms with Gasteiger partial charge in [0.15, 0.2) is 5.75 Å². The molecule has 7 nitrogen and oxygen atoms in total. The summed E-state index contributed by atoms with van der Waals surface area (Å²) in [5.41, 5.74) is -1.96. The fraction of sp³-hybridized carbons (Fsp3) is 0.381. The van der Waals surface area contributed by atoms with Gasteiger partial charge in [0.2, 0.25) is 0 Å². The lowest BCUT2D eigenvalue weighted by Gasteiger charge is -2.45. The first kappa shape index (κ1) is 19.8. The maximum Gasteiger partial charge on any atom is 0.363 e. The molecule has 1 amide bonds. The molecular formula is C21H24N2O5. The Hall–Kier alpha value is -2.93. The molecule has 1 saturated heterocycles. The van der Waals surface area contributed by atoms with Gasteiger partial charge in [-0.2, -0.15) is 0 Å². The molecule has 0 bridgehead atoms. The van der Waals surface area contributed by atoms with Gasteiger partial charge in [-0.3, -0.25) is 14.7 Å². The maximum absolute atomic E-state index is 12.6. The predicted molar refractivity (Wildman–Crippen MR) is 101 cm³/mol. The number of hydrogen-bond acceptors (Lipinski definition) is 6. The first-order valence-corrected chi connectivity index (χ1v) is 9.19. The van der Waals surface area contributed by atoms with Crippen molar-refractivity contribution in [3.63, 3.8) is 0 Å². The lowest BCUT2D eigenvalue weighted by molar-refractivity contribution is -0.238. The van der Waals surface area contributed by atoms with Gasteiger partial charge in [0.25, 0.3) is 5.91 Å². The number of pyridine rings is 1. The van der Waals surface area contributed by atoms with Gasteiger partial charge < -0.3 is 10.0 Å². The number of carbonyl (C=O) groups excluding carboxylic acids is 2. The summed E-state index contributed by atoms with van der Waals surface area (Å²) in [6.07, 6.45) is 3.66. The first-order chi connectivity index (χ1) is 13.3. The zero-order valence-electron chi connectivity index (χ0n) is 16.0. The van der Waals surface area contributed by atoms with Crippen LogP contribution in [0.5, 0.6) is 5.75 Å². The maximum atomic E-state index is 12.6. The molecule has 2 aromatic rings. The zero-order chi connectivity index (χ0) is 20.2. The van der Waals surface area contributed by atoms with Crippen LogP contribution in [-0.4, -0.2) is 45.6 Å². The van der Waals surface area contributed by atoms with Crippen molar-refractivity contribution < 1.29 is 24.5 Å². The molecule has 1 aliphatic rings. The summed E-state index contributed by atoms with van der Waals surface area (Å²) in [5.74, 6) is -0.374. The van der Waals surface area contributed by atoms with Crippen LogP contribution in [0.1, 0.15) is 37.0 Å². The zero-order valence-corrected chi connectivity index (χ0v) is 16.0. The highest BCUT2D eigenvalue weighted by atomic mass is 17.2. The molecule has 0 atom stereocenters. The molecule has 1 aromatic carbocycles. The number of para-hydroxylation sites is 1. The van der Waals surface area contributed by atoms with Gasteiger partial charge in [-0.05, 0) is 51.0 Å². The number of aromatic nitrogens is 1. The largest absolute Gasteiger partial charge is 0.389 e. The molecule has 28 heavy (non-hydrogen) atoms. The number of piperidine rings is 1. The molecule has 3 rings (SSSR count). The number of rotatable bonds is 5. The molecule has 0 aliphatic carbocycles. The molecule has 0 saturated carbocycles. The van der Waals surface area contributed by atoms with E-state index in [4.69, 9.17) is 9.78 Å². The monoisotopic (exact) mass is 384 g/mol. The van der Waals surface area contributed by atoms with Crippen molar-refractivity contribution in [1.82, 2.24) is 9.88 Å². The quantitative estimate of drug-likeness (QED) is 0.630.